The quantitative estimate of drug-likeness (QED) is 0.745. The standard InChI is InChI=1S/C14H22N2O4/c1-4-19-14(17)11(7-9(2)3)13-15-12(16-20-13)10-5-6-18-8-10/h9-11H,4-8H2,1-3H3. The van der Waals surface area contributed by atoms with E-state index < -0.39 is 5.92 Å². The summed E-state index contributed by atoms with van der Waals surface area (Å²) < 4.78 is 15.7. The molecule has 1 aromatic rings. The molecule has 1 aromatic heterocycles. The van der Waals surface area contributed by atoms with Crippen LogP contribution in [0.5, 0.6) is 0 Å². The van der Waals surface area contributed by atoms with E-state index in [-0.39, 0.29) is 11.9 Å². The molecular formula is C14H22N2O4. The minimum absolute atomic E-state index is 0.175. The van der Waals surface area contributed by atoms with Crippen molar-refractivity contribution in [2.45, 2.75) is 45.4 Å². The molecule has 0 aromatic carbocycles. The highest BCUT2D eigenvalue weighted by molar-refractivity contribution is 5.76. The maximum Gasteiger partial charge on any atom is 0.318 e. The summed E-state index contributed by atoms with van der Waals surface area (Å²) in [6.45, 7) is 7.59. The van der Waals surface area contributed by atoms with Crippen molar-refractivity contribution >= 4 is 5.97 Å². The van der Waals surface area contributed by atoms with Crippen molar-refractivity contribution in [3.8, 4) is 0 Å². The van der Waals surface area contributed by atoms with E-state index in [1.165, 1.54) is 0 Å². The van der Waals surface area contributed by atoms with Gasteiger partial charge in [0, 0.05) is 12.5 Å². The molecule has 0 bridgehead atoms. The Bertz CT molecular complexity index is 438. The summed E-state index contributed by atoms with van der Waals surface area (Å²) in [5.41, 5.74) is 0. The van der Waals surface area contributed by atoms with Crippen molar-refractivity contribution in [3.63, 3.8) is 0 Å². The van der Waals surface area contributed by atoms with Crippen molar-refractivity contribution in [2.24, 2.45) is 5.92 Å². The molecule has 2 heterocycles. The lowest BCUT2D eigenvalue weighted by molar-refractivity contribution is -0.146. The van der Waals surface area contributed by atoms with Crippen LogP contribution >= 0.6 is 0 Å². The SMILES string of the molecule is CCOC(=O)C(CC(C)C)c1nc(C2CCOC2)no1. The second-order valence-corrected chi connectivity index (χ2v) is 5.49. The summed E-state index contributed by atoms with van der Waals surface area (Å²) in [5.74, 6) is 0.746. The number of carbonyl (C=O) groups excluding carboxylic acids is 1. The number of aromatic nitrogens is 2. The molecule has 1 saturated heterocycles. The zero-order valence-corrected chi connectivity index (χ0v) is 12.3. The van der Waals surface area contributed by atoms with Crippen LogP contribution in [0.4, 0.5) is 0 Å². The Morgan fingerprint density at radius 3 is 2.90 bits per heavy atom. The van der Waals surface area contributed by atoms with E-state index in [2.05, 4.69) is 10.1 Å². The largest absolute Gasteiger partial charge is 0.465 e. The normalized spacial score (nSPS) is 20.3. The maximum absolute atomic E-state index is 12.0. The molecule has 20 heavy (non-hydrogen) atoms. The third-order valence-electron chi connectivity index (χ3n) is 3.33. The van der Waals surface area contributed by atoms with E-state index in [1.54, 1.807) is 6.92 Å². The van der Waals surface area contributed by atoms with E-state index in [4.69, 9.17) is 14.0 Å². The lowest BCUT2D eigenvalue weighted by atomic mass is 9.97. The zero-order chi connectivity index (χ0) is 14.5. The fourth-order valence-electron chi connectivity index (χ4n) is 2.30. The van der Waals surface area contributed by atoms with Crippen LogP contribution in [-0.2, 0) is 14.3 Å². The molecule has 1 fully saturated rings. The van der Waals surface area contributed by atoms with Crippen LogP contribution in [0.25, 0.3) is 0 Å². The van der Waals surface area contributed by atoms with Crippen molar-refractivity contribution in [2.75, 3.05) is 19.8 Å². The maximum atomic E-state index is 12.0. The Kier molecular flexibility index (Phi) is 5.11. The first kappa shape index (κ1) is 15.0. The van der Waals surface area contributed by atoms with Gasteiger partial charge in [-0.25, -0.2) is 0 Å². The van der Waals surface area contributed by atoms with Crippen LogP contribution in [0.3, 0.4) is 0 Å². The molecule has 1 aliphatic rings. The number of esters is 1. The molecule has 112 valence electrons. The lowest BCUT2D eigenvalue weighted by Crippen LogP contribution is -2.18. The monoisotopic (exact) mass is 282 g/mol. The highest BCUT2D eigenvalue weighted by Crippen LogP contribution is 2.28. The van der Waals surface area contributed by atoms with E-state index >= 15 is 0 Å². The molecule has 6 nitrogen and oxygen atoms in total. The summed E-state index contributed by atoms with van der Waals surface area (Å²) in [6.07, 6.45) is 1.54. The average molecular weight is 282 g/mol. The first-order valence-corrected chi connectivity index (χ1v) is 7.19. The van der Waals surface area contributed by atoms with Gasteiger partial charge in [0.25, 0.3) is 0 Å². The van der Waals surface area contributed by atoms with Gasteiger partial charge in [0.1, 0.15) is 5.92 Å². The van der Waals surface area contributed by atoms with Crippen molar-refractivity contribution < 1.29 is 18.8 Å². The predicted molar refractivity (Wildman–Crippen MR) is 71.3 cm³/mol. The minimum atomic E-state index is -0.474. The van der Waals surface area contributed by atoms with E-state index in [1.807, 2.05) is 13.8 Å². The molecule has 0 spiro atoms. The summed E-state index contributed by atoms with van der Waals surface area (Å²) in [4.78, 5) is 16.4. The third kappa shape index (κ3) is 3.56. The van der Waals surface area contributed by atoms with Crippen LogP contribution < -0.4 is 0 Å². The van der Waals surface area contributed by atoms with Crippen molar-refractivity contribution in [3.05, 3.63) is 11.7 Å². The molecule has 0 saturated carbocycles. The van der Waals surface area contributed by atoms with Gasteiger partial charge in [-0.15, -0.1) is 0 Å². The number of hydrogen-bond donors (Lipinski definition) is 0. The molecular weight excluding hydrogens is 260 g/mol. The molecule has 6 heteroatoms. The van der Waals surface area contributed by atoms with Gasteiger partial charge >= 0.3 is 5.97 Å². The van der Waals surface area contributed by atoms with Gasteiger partial charge in [0.05, 0.1) is 13.2 Å². The van der Waals surface area contributed by atoms with Crippen LogP contribution in [0.2, 0.25) is 0 Å². The highest BCUT2D eigenvalue weighted by atomic mass is 16.5. The van der Waals surface area contributed by atoms with E-state index in [9.17, 15) is 4.79 Å². The van der Waals surface area contributed by atoms with Crippen LogP contribution in [-0.4, -0.2) is 35.9 Å². The third-order valence-corrected chi connectivity index (χ3v) is 3.33. The molecule has 0 N–H and O–H groups in total. The van der Waals surface area contributed by atoms with Crippen LogP contribution in [0.1, 0.15) is 57.2 Å². The Hall–Kier alpha value is -1.43. The average Bonchev–Trinajstić information content (AvgIpc) is 3.06. The van der Waals surface area contributed by atoms with Gasteiger partial charge < -0.3 is 14.0 Å². The van der Waals surface area contributed by atoms with E-state index in [0.29, 0.717) is 37.3 Å². The summed E-state index contributed by atoms with van der Waals surface area (Å²) in [6, 6.07) is 0. The second-order valence-electron chi connectivity index (χ2n) is 5.49. The summed E-state index contributed by atoms with van der Waals surface area (Å²) >= 11 is 0. The number of ether oxygens (including phenoxy) is 2. The van der Waals surface area contributed by atoms with E-state index in [0.717, 1.165) is 13.0 Å². The van der Waals surface area contributed by atoms with Crippen molar-refractivity contribution in [1.82, 2.24) is 10.1 Å². The number of nitrogens with zero attached hydrogens (tertiary/aromatic N) is 2. The highest BCUT2D eigenvalue weighted by Gasteiger charge is 2.31. The van der Waals surface area contributed by atoms with Crippen molar-refractivity contribution in [1.29, 1.82) is 0 Å². The van der Waals surface area contributed by atoms with Gasteiger partial charge in [-0.2, -0.15) is 4.98 Å². The molecule has 2 atom stereocenters. The Labute approximate surface area is 118 Å². The summed E-state index contributed by atoms with van der Waals surface area (Å²) in [5, 5.41) is 4.00. The molecule has 1 aliphatic heterocycles. The second kappa shape index (κ2) is 6.83. The topological polar surface area (TPSA) is 74.5 Å². The molecule has 2 rings (SSSR count). The van der Waals surface area contributed by atoms with Gasteiger partial charge in [0.15, 0.2) is 5.82 Å². The lowest BCUT2D eigenvalue weighted by Gasteiger charge is -2.13. The first-order chi connectivity index (χ1) is 9.61. The molecule has 2 unspecified atom stereocenters. The smallest absolute Gasteiger partial charge is 0.318 e. The Balaban J connectivity index is 2.13. The fourth-order valence-corrected chi connectivity index (χ4v) is 2.30. The first-order valence-electron chi connectivity index (χ1n) is 7.19. The van der Waals surface area contributed by atoms with Gasteiger partial charge in [0.2, 0.25) is 5.89 Å². The molecule has 0 aliphatic carbocycles. The Morgan fingerprint density at radius 2 is 2.30 bits per heavy atom. The van der Waals surface area contributed by atoms with Crippen LogP contribution in [0.15, 0.2) is 4.52 Å². The predicted octanol–water partition coefficient (Wildman–Crippen LogP) is 2.27. The summed E-state index contributed by atoms with van der Waals surface area (Å²) in [7, 11) is 0. The fraction of sp³-hybridized carbons (Fsp3) is 0.786. The Morgan fingerprint density at radius 1 is 1.50 bits per heavy atom. The molecule has 0 amide bonds. The zero-order valence-electron chi connectivity index (χ0n) is 12.3. The number of rotatable bonds is 6. The van der Waals surface area contributed by atoms with Gasteiger partial charge in [-0.1, -0.05) is 19.0 Å². The minimum Gasteiger partial charge on any atom is -0.465 e. The van der Waals surface area contributed by atoms with Gasteiger partial charge in [-0.3, -0.25) is 4.79 Å². The molecule has 0 radical (unpaired) electrons. The number of carbonyl (C=O) groups is 1. The van der Waals surface area contributed by atoms with Gasteiger partial charge in [-0.05, 0) is 25.7 Å². The number of hydrogen-bond acceptors (Lipinski definition) is 6. The van der Waals surface area contributed by atoms with Crippen LogP contribution in [0, 0.1) is 5.92 Å².